The first-order chi connectivity index (χ1) is 17.6. The van der Waals surface area contributed by atoms with Crippen molar-refractivity contribution in [1.29, 1.82) is 0 Å². The molecule has 0 bridgehead atoms. The van der Waals surface area contributed by atoms with Gasteiger partial charge in [-0.25, -0.2) is 23.1 Å². The molecule has 13 heteroatoms. The van der Waals surface area contributed by atoms with Crippen LogP contribution in [0, 0.1) is 24.3 Å². The van der Waals surface area contributed by atoms with E-state index < -0.39 is 82.2 Å². The lowest BCUT2D eigenvalue weighted by Gasteiger charge is -2.13. The number of aromatic nitrogens is 3. The van der Waals surface area contributed by atoms with Crippen molar-refractivity contribution in [3.8, 4) is 11.3 Å². The smallest absolute Gasteiger partial charge is 0.382 e. The van der Waals surface area contributed by atoms with Gasteiger partial charge < -0.3 is 16.2 Å². The molecule has 0 saturated carbocycles. The van der Waals surface area contributed by atoms with E-state index in [2.05, 4.69) is 15.3 Å². The molecule has 0 aliphatic carbocycles. The number of carbonyl (C=O) groups excluding carboxylic acids is 1. The zero-order valence-electron chi connectivity index (χ0n) is 20.2. The molecule has 2 aromatic carbocycles. The van der Waals surface area contributed by atoms with Crippen LogP contribution in [0.3, 0.4) is 0 Å². The third-order valence-corrected chi connectivity index (χ3v) is 4.92. The molecule has 0 saturated heterocycles. The second-order valence-electron chi connectivity index (χ2n) is 7.28. The van der Waals surface area contributed by atoms with Crippen molar-refractivity contribution < 1.29 is 40.4 Å². The largest absolute Gasteiger partial charge is 0.433 e. The Kier molecular flexibility index (Phi) is 4.97. The fourth-order valence-electron chi connectivity index (χ4n) is 3.41. The van der Waals surface area contributed by atoms with Crippen molar-refractivity contribution >= 4 is 22.9 Å². The number of rotatable bonds is 4. The van der Waals surface area contributed by atoms with Gasteiger partial charge in [-0.2, -0.15) is 13.2 Å². The van der Waals surface area contributed by atoms with Crippen molar-refractivity contribution in [3.63, 3.8) is 0 Å². The summed E-state index contributed by atoms with van der Waals surface area (Å²) in [7, 11) is 0. The number of aliphatic hydroxyl groups excluding tert-OH is 1. The quantitative estimate of drug-likeness (QED) is 0.362. The molecule has 2 heterocycles. The predicted octanol–water partition coefficient (Wildman–Crippen LogP) is 4.40. The number of nitrogens with two attached hydrogens (primary N) is 1. The number of fused-ring (bicyclic) bond motifs is 1. The number of nitrogens with one attached hydrogen (secondary N) is 1. The molecule has 0 aliphatic heterocycles. The Morgan fingerprint density at radius 1 is 1.17 bits per heavy atom. The minimum absolute atomic E-state index is 0.244. The van der Waals surface area contributed by atoms with Gasteiger partial charge in [0.05, 0.1) is 6.20 Å². The molecule has 4 N–H and O–H groups in total. The minimum atomic E-state index is -5.06. The lowest BCUT2D eigenvalue weighted by molar-refractivity contribution is -0.142. The highest BCUT2D eigenvalue weighted by Crippen LogP contribution is 2.36. The van der Waals surface area contributed by atoms with E-state index in [1.165, 1.54) is 0 Å². The number of nitrogens with zero attached hydrogens (tertiary/aromatic N) is 3. The molecule has 35 heavy (non-hydrogen) atoms. The molecule has 0 fully saturated rings. The SMILES string of the molecule is [2H]C([2H])([2H])c1nc(-c2ccc(NC(=O)[C@@H](O)c3cc(F)cc(F)c3)cc2F)c2c(N)ncc(C(F)(F)F)n12. The number of alkyl halides is 3. The summed E-state index contributed by atoms with van der Waals surface area (Å²) in [4.78, 5) is 19.5. The van der Waals surface area contributed by atoms with Crippen LogP contribution in [0.4, 0.5) is 37.8 Å². The summed E-state index contributed by atoms with van der Waals surface area (Å²) < 4.78 is 106. The highest BCUT2D eigenvalue weighted by molar-refractivity contribution is 5.95. The standard InChI is InChI=1S/C22H15F6N5O2/c1-9-31-17(18-20(29)30-8-16(33(9)18)22(26,27)28)14-3-2-13(7-15(14)25)32-21(35)19(34)10-4-11(23)6-12(24)5-10/h2-8,19,34H,1H3,(H2,29,30)(H,32,35)/t19-/m0/s1/i1D3. The molecule has 0 spiro atoms. The Morgan fingerprint density at radius 2 is 1.86 bits per heavy atom. The summed E-state index contributed by atoms with van der Waals surface area (Å²) in [6, 6.07) is 4.73. The van der Waals surface area contributed by atoms with Crippen LogP contribution in [0.5, 0.6) is 0 Å². The Bertz CT molecular complexity index is 1550. The number of benzene rings is 2. The molecule has 2 aromatic heterocycles. The maximum atomic E-state index is 15.1. The van der Waals surface area contributed by atoms with Crippen LogP contribution in [0.2, 0.25) is 0 Å². The van der Waals surface area contributed by atoms with E-state index in [0.29, 0.717) is 18.3 Å². The number of aliphatic hydroxyl groups is 1. The number of nitrogen functional groups attached to an aromatic ring is 1. The van der Waals surface area contributed by atoms with Crippen molar-refractivity contribution in [2.24, 2.45) is 0 Å². The third-order valence-electron chi connectivity index (χ3n) is 4.92. The molecule has 1 amide bonds. The number of carbonyl (C=O) groups is 1. The Hall–Kier alpha value is -4.13. The van der Waals surface area contributed by atoms with Crippen LogP contribution in [0.15, 0.2) is 42.6 Å². The average molecular weight is 498 g/mol. The van der Waals surface area contributed by atoms with E-state index in [0.717, 1.165) is 24.3 Å². The number of imidazole rings is 1. The van der Waals surface area contributed by atoms with E-state index in [1.54, 1.807) is 0 Å². The Morgan fingerprint density at radius 3 is 2.46 bits per heavy atom. The first-order valence-corrected chi connectivity index (χ1v) is 9.57. The zero-order valence-corrected chi connectivity index (χ0v) is 17.2. The summed E-state index contributed by atoms with van der Waals surface area (Å²) >= 11 is 0. The molecule has 182 valence electrons. The van der Waals surface area contributed by atoms with Crippen LogP contribution >= 0.6 is 0 Å². The first kappa shape index (κ1) is 20.3. The van der Waals surface area contributed by atoms with Gasteiger partial charge in [0.2, 0.25) is 0 Å². The molecule has 4 aromatic rings. The number of aryl methyl sites for hydroxylation is 1. The van der Waals surface area contributed by atoms with Gasteiger partial charge in [-0.05, 0) is 42.7 Å². The van der Waals surface area contributed by atoms with Gasteiger partial charge in [-0.3, -0.25) is 9.20 Å². The molecule has 0 aliphatic rings. The van der Waals surface area contributed by atoms with Crippen LogP contribution in [-0.4, -0.2) is 25.4 Å². The molecule has 0 radical (unpaired) electrons. The van der Waals surface area contributed by atoms with Gasteiger partial charge in [0.25, 0.3) is 5.91 Å². The van der Waals surface area contributed by atoms with Crippen LogP contribution in [0.1, 0.15) is 27.3 Å². The van der Waals surface area contributed by atoms with E-state index in [-0.39, 0.29) is 10.1 Å². The summed E-state index contributed by atoms with van der Waals surface area (Å²) in [6.07, 6.45) is -6.77. The predicted molar refractivity (Wildman–Crippen MR) is 112 cm³/mol. The normalized spacial score (nSPS) is 14.3. The minimum Gasteiger partial charge on any atom is -0.382 e. The third kappa shape index (κ3) is 4.49. The van der Waals surface area contributed by atoms with Gasteiger partial charge in [-0.1, -0.05) is 0 Å². The van der Waals surface area contributed by atoms with E-state index in [9.17, 15) is 31.9 Å². The maximum absolute atomic E-state index is 15.1. The first-order valence-electron chi connectivity index (χ1n) is 11.1. The van der Waals surface area contributed by atoms with Crippen molar-refractivity contribution in [1.82, 2.24) is 14.4 Å². The second-order valence-corrected chi connectivity index (χ2v) is 7.28. The summed E-state index contributed by atoms with van der Waals surface area (Å²) in [5.74, 6) is -6.03. The zero-order chi connectivity index (χ0) is 28.2. The topological polar surface area (TPSA) is 106 Å². The van der Waals surface area contributed by atoms with Crippen molar-refractivity contribution in [2.45, 2.75) is 19.1 Å². The second kappa shape index (κ2) is 8.58. The highest BCUT2D eigenvalue weighted by Gasteiger charge is 2.36. The van der Waals surface area contributed by atoms with Gasteiger partial charge >= 0.3 is 6.18 Å². The number of anilines is 2. The molecular formula is C22H15F6N5O2. The molecule has 4 rings (SSSR count). The Labute approximate surface area is 197 Å². The van der Waals surface area contributed by atoms with Crippen molar-refractivity contribution in [2.75, 3.05) is 11.1 Å². The number of halogens is 6. The Balaban J connectivity index is 1.76. The molecule has 0 unspecified atom stereocenters. The molecule has 1 atom stereocenters. The van der Waals surface area contributed by atoms with Gasteiger partial charge in [0.1, 0.15) is 46.0 Å². The van der Waals surface area contributed by atoms with E-state index in [4.69, 9.17) is 9.85 Å². The lowest BCUT2D eigenvalue weighted by atomic mass is 10.1. The number of amides is 1. The summed E-state index contributed by atoms with van der Waals surface area (Å²) in [5, 5.41) is 12.2. The highest BCUT2D eigenvalue weighted by atomic mass is 19.4. The van der Waals surface area contributed by atoms with Crippen LogP contribution < -0.4 is 11.1 Å². The van der Waals surface area contributed by atoms with Crippen LogP contribution in [-0.2, 0) is 11.0 Å². The van der Waals surface area contributed by atoms with Crippen molar-refractivity contribution in [3.05, 3.63) is 77.1 Å². The van der Waals surface area contributed by atoms with E-state index >= 15 is 4.39 Å². The summed E-state index contributed by atoms with van der Waals surface area (Å²) in [6.45, 7) is -3.16. The van der Waals surface area contributed by atoms with Gasteiger partial charge in [-0.15, -0.1) is 0 Å². The van der Waals surface area contributed by atoms with Crippen LogP contribution in [0.25, 0.3) is 16.8 Å². The van der Waals surface area contributed by atoms with Gasteiger partial charge in [0.15, 0.2) is 6.10 Å². The maximum Gasteiger partial charge on any atom is 0.433 e. The fraction of sp³-hybridized carbons (Fsp3) is 0.136. The lowest BCUT2D eigenvalue weighted by Crippen LogP contribution is -2.21. The van der Waals surface area contributed by atoms with E-state index in [1.807, 2.05) is 0 Å². The molecule has 7 nitrogen and oxygen atoms in total. The average Bonchev–Trinajstić information content (AvgIpc) is 3.19. The number of hydrogen-bond donors (Lipinski definition) is 3. The van der Waals surface area contributed by atoms with Gasteiger partial charge in [0, 0.05) is 21.4 Å². The summed E-state index contributed by atoms with van der Waals surface area (Å²) in [5.41, 5.74) is 1.92. The fourth-order valence-corrected chi connectivity index (χ4v) is 3.41. The molecular weight excluding hydrogens is 480 g/mol. The number of hydrogen-bond acceptors (Lipinski definition) is 5. The monoisotopic (exact) mass is 498 g/mol.